The minimum absolute atomic E-state index is 0.134. The maximum absolute atomic E-state index is 13.5. The minimum Gasteiger partial charge on any atom is -0.378 e. The summed E-state index contributed by atoms with van der Waals surface area (Å²) in [5, 5.41) is 3.23. The number of hydrogen-bond donors (Lipinski definition) is 1. The molecular formula is C27H29N7O2. The Labute approximate surface area is 210 Å². The molecule has 9 nitrogen and oxygen atoms in total. The van der Waals surface area contributed by atoms with Crippen LogP contribution in [0.3, 0.4) is 0 Å². The average molecular weight is 484 g/mol. The number of urea groups is 1. The number of hydrogen-bond acceptors (Lipinski definition) is 6. The molecule has 184 valence electrons. The molecule has 9 heteroatoms. The smallest absolute Gasteiger partial charge is 0.326 e. The molecule has 3 heterocycles. The van der Waals surface area contributed by atoms with Crippen LogP contribution in [0.25, 0.3) is 0 Å². The van der Waals surface area contributed by atoms with Crippen LogP contribution in [-0.4, -0.2) is 54.5 Å². The number of nitrogens with one attached hydrogen (secondary N) is 1. The molecular weight excluding hydrogens is 454 g/mol. The molecule has 0 aliphatic carbocycles. The van der Waals surface area contributed by atoms with Crippen LogP contribution in [-0.2, 0) is 11.3 Å². The molecule has 3 aromatic rings. The summed E-state index contributed by atoms with van der Waals surface area (Å²) in [5.74, 6) is 0.880. The summed E-state index contributed by atoms with van der Waals surface area (Å²) in [6.45, 7) is 4.53. The van der Waals surface area contributed by atoms with Gasteiger partial charge < -0.3 is 20.0 Å². The molecule has 36 heavy (non-hydrogen) atoms. The number of aromatic nitrogens is 2. The second-order valence-corrected chi connectivity index (χ2v) is 9.14. The second kappa shape index (κ2) is 9.33. The van der Waals surface area contributed by atoms with E-state index in [4.69, 9.17) is 0 Å². The van der Waals surface area contributed by atoms with E-state index in [0.717, 1.165) is 28.2 Å². The van der Waals surface area contributed by atoms with Gasteiger partial charge in [-0.1, -0.05) is 24.8 Å². The highest BCUT2D eigenvalue weighted by molar-refractivity contribution is 6.02. The predicted molar refractivity (Wildman–Crippen MR) is 142 cm³/mol. The maximum atomic E-state index is 13.5. The van der Waals surface area contributed by atoms with E-state index < -0.39 is 0 Å². The summed E-state index contributed by atoms with van der Waals surface area (Å²) in [4.78, 5) is 42.2. The fourth-order valence-electron chi connectivity index (χ4n) is 4.82. The third kappa shape index (κ3) is 4.13. The Hall–Kier alpha value is -4.40. The lowest BCUT2D eigenvalue weighted by Gasteiger charge is -2.43. The summed E-state index contributed by atoms with van der Waals surface area (Å²) < 4.78 is 0. The number of fused-ring (bicyclic) bond motifs is 2. The first kappa shape index (κ1) is 23.3. The van der Waals surface area contributed by atoms with Crippen molar-refractivity contribution in [3.8, 4) is 0 Å². The maximum Gasteiger partial charge on any atom is 0.326 e. The lowest BCUT2D eigenvalue weighted by atomic mass is 9.94. The number of para-hydroxylation sites is 1. The molecule has 1 unspecified atom stereocenters. The molecule has 2 aromatic carbocycles. The van der Waals surface area contributed by atoms with E-state index in [2.05, 4.69) is 21.9 Å². The lowest BCUT2D eigenvalue weighted by Crippen LogP contribution is -2.49. The predicted octanol–water partition coefficient (Wildman–Crippen LogP) is 4.32. The van der Waals surface area contributed by atoms with Crippen molar-refractivity contribution in [2.75, 3.05) is 47.7 Å². The normalized spacial score (nSPS) is 16.8. The minimum atomic E-state index is -0.161. The standard InChI is InChI=1S/C27H29N7O2/c1-5-24(35)33-15-14-23(21-8-6-7-9-22(21)33)34-17-18-16-28-26(30-25(18)32(4)27(34)36)29-19-10-12-20(13-11-19)31(2)3/h5-13,16,23H,1,14-15,17H2,2-4H3,(H,28,29,30). The van der Waals surface area contributed by atoms with Gasteiger partial charge >= 0.3 is 6.03 Å². The number of benzene rings is 2. The van der Waals surface area contributed by atoms with Crippen LogP contribution in [0.15, 0.2) is 67.4 Å². The van der Waals surface area contributed by atoms with Crippen LogP contribution >= 0.6 is 0 Å². The number of carbonyl (C=O) groups excluding carboxylic acids is 2. The summed E-state index contributed by atoms with van der Waals surface area (Å²) in [5.41, 5.74) is 4.59. The van der Waals surface area contributed by atoms with Gasteiger partial charge in [0.15, 0.2) is 0 Å². The number of rotatable bonds is 5. The van der Waals surface area contributed by atoms with Crippen molar-refractivity contribution in [1.29, 1.82) is 0 Å². The molecule has 0 spiro atoms. The van der Waals surface area contributed by atoms with E-state index in [0.29, 0.717) is 31.3 Å². The summed E-state index contributed by atoms with van der Waals surface area (Å²) >= 11 is 0. The fraction of sp³-hybridized carbons (Fsp3) is 0.259. The van der Waals surface area contributed by atoms with E-state index in [1.165, 1.54) is 6.08 Å². The lowest BCUT2D eigenvalue weighted by molar-refractivity contribution is -0.114. The van der Waals surface area contributed by atoms with Crippen LogP contribution in [0, 0.1) is 0 Å². The van der Waals surface area contributed by atoms with E-state index in [-0.39, 0.29) is 18.0 Å². The van der Waals surface area contributed by atoms with Gasteiger partial charge in [0, 0.05) is 56.5 Å². The van der Waals surface area contributed by atoms with Crippen molar-refractivity contribution >= 4 is 40.8 Å². The third-order valence-corrected chi connectivity index (χ3v) is 6.70. The first-order chi connectivity index (χ1) is 17.4. The van der Waals surface area contributed by atoms with E-state index in [1.807, 2.05) is 72.4 Å². The van der Waals surface area contributed by atoms with Crippen molar-refractivity contribution in [2.24, 2.45) is 0 Å². The Bertz CT molecular complexity index is 1320. The quantitative estimate of drug-likeness (QED) is 0.544. The zero-order valence-corrected chi connectivity index (χ0v) is 20.7. The Morgan fingerprint density at radius 2 is 1.92 bits per heavy atom. The monoisotopic (exact) mass is 483 g/mol. The molecule has 0 radical (unpaired) electrons. The highest BCUT2D eigenvalue weighted by Gasteiger charge is 2.38. The van der Waals surface area contributed by atoms with Crippen LogP contribution in [0.2, 0.25) is 0 Å². The molecule has 3 amide bonds. The first-order valence-corrected chi connectivity index (χ1v) is 11.8. The van der Waals surface area contributed by atoms with Crippen LogP contribution in [0.1, 0.15) is 23.6 Å². The van der Waals surface area contributed by atoms with Gasteiger partial charge in [0.25, 0.3) is 0 Å². The first-order valence-electron chi connectivity index (χ1n) is 11.8. The number of anilines is 5. The highest BCUT2D eigenvalue weighted by atomic mass is 16.2. The summed E-state index contributed by atoms with van der Waals surface area (Å²) in [6.07, 6.45) is 3.73. The number of amides is 3. The fourth-order valence-corrected chi connectivity index (χ4v) is 4.82. The Morgan fingerprint density at radius 3 is 2.64 bits per heavy atom. The van der Waals surface area contributed by atoms with Crippen LogP contribution in [0.5, 0.6) is 0 Å². The molecule has 0 bridgehead atoms. The van der Waals surface area contributed by atoms with Crippen molar-refractivity contribution in [3.63, 3.8) is 0 Å². The Morgan fingerprint density at radius 1 is 1.17 bits per heavy atom. The van der Waals surface area contributed by atoms with E-state index in [1.54, 1.807) is 23.0 Å². The van der Waals surface area contributed by atoms with E-state index in [9.17, 15) is 9.59 Å². The van der Waals surface area contributed by atoms with Gasteiger partial charge in [-0.05, 0) is 48.4 Å². The van der Waals surface area contributed by atoms with Crippen molar-refractivity contribution in [2.45, 2.75) is 19.0 Å². The van der Waals surface area contributed by atoms with Crippen LogP contribution < -0.4 is 20.0 Å². The molecule has 0 fully saturated rings. The topological polar surface area (TPSA) is 84.9 Å². The number of nitrogens with zero attached hydrogens (tertiary/aromatic N) is 6. The van der Waals surface area contributed by atoms with Gasteiger partial charge in [-0.25, -0.2) is 9.78 Å². The van der Waals surface area contributed by atoms with Gasteiger partial charge in [-0.15, -0.1) is 0 Å². The zero-order valence-electron chi connectivity index (χ0n) is 20.7. The largest absolute Gasteiger partial charge is 0.378 e. The average Bonchev–Trinajstić information content (AvgIpc) is 2.90. The molecule has 2 aliphatic rings. The molecule has 0 saturated heterocycles. The van der Waals surface area contributed by atoms with Gasteiger partial charge in [-0.3, -0.25) is 9.69 Å². The second-order valence-electron chi connectivity index (χ2n) is 9.14. The van der Waals surface area contributed by atoms with Gasteiger partial charge in [-0.2, -0.15) is 4.98 Å². The molecule has 1 atom stereocenters. The van der Waals surface area contributed by atoms with Gasteiger partial charge in [0.1, 0.15) is 5.82 Å². The van der Waals surface area contributed by atoms with Crippen LogP contribution in [0.4, 0.5) is 33.6 Å². The van der Waals surface area contributed by atoms with E-state index >= 15 is 0 Å². The summed E-state index contributed by atoms with van der Waals surface area (Å²) in [7, 11) is 5.72. The van der Waals surface area contributed by atoms with Gasteiger partial charge in [0.2, 0.25) is 11.9 Å². The highest BCUT2D eigenvalue weighted by Crippen LogP contribution is 2.41. The summed E-state index contributed by atoms with van der Waals surface area (Å²) in [6, 6.07) is 15.4. The van der Waals surface area contributed by atoms with Crippen molar-refractivity contribution in [1.82, 2.24) is 14.9 Å². The Balaban J connectivity index is 1.40. The third-order valence-electron chi connectivity index (χ3n) is 6.70. The molecule has 1 aromatic heterocycles. The molecule has 2 aliphatic heterocycles. The van der Waals surface area contributed by atoms with Crippen molar-refractivity contribution < 1.29 is 9.59 Å². The molecule has 1 N–H and O–H groups in total. The zero-order chi connectivity index (χ0) is 25.4. The molecule has 0 saturated carbocycles. The molecule has 5 rings (SSSR count). The number of carbonyl (C=O) groups is 2. The SMILES string of the molecule is C=CC(=O)N1CCC(N2Cc3cnc(Nc4ccc(N(C)C)cc4)nc3N(C)C2=O)c2ccccc21. The van der Waals surface area contributed by atoms with Gasteiger partial charge in [0.05, 0.1) is 12.6 Å². The van der Waals surface area contributed by atoms with Crippen molar-refractivity contribution in [3.05, 3.63) is 78.5 Å². The Kier molecular flexibility index (Phi) is 6.05.